The Kier molecular flexibility index (Phi) is 6.23. The van der Waals surface area contributed by atoms with Gasteiger partial charge in [0.2, 0.25) is 5.91 Å². The number of amides is 3. The van der Waals surface area contributed by atoms with Gasteiger partial charge in [0.1, 0.15) is 0 Å². The molecule has 0 radical (unpaired) electrons. The van der Waals surface area contributed by atoms with E-state index in [0.717, 1.165) is 18.2 Å². The van der Waals surface area contributed by atoms with Gasteiger partial charge in [-0.25, -0.2) is 9.78 Å². The molecule has 20 heavy (non-hydrogen) atoms. The van der Waals surface area contributed by atoms with Gasteiger partial charge in [0.15, 0.2) is 5.16 Å². The minimum absolute atomic E-state index is 0.246. The summed E-state index contributed by atoms with van der Waals surface area (Å²) in [5, 5.41) is 4.30. The first kappa shape index (κ1) is 16.2. The Bertz CT molecular complexity index is 544. The van der Waals surface area contributed by atoms with Gasteiger partial charge in [0.25, 0.3) is 5.56 Å². The van der Waals surface area contributed by atoms with Crippen LogP contribution in [0.3, 0.4) is 0 Å². The molecule has 1 aromatic heterocycles. The molecule has 0 aliphatic heterocycles. The van der Waals surface area contributed by atoms with Gasteiger partial charge in [0.05, 0.1) is 5.25 Å². The number of hydrogen-bond acceptors (Lipinski definition) is 5. The number of carbonyl (C=O) groups excluding carboxylic acids is 2. The first-order valence-corrected chi connectivity index (χ1v) is 7.13. The van der Waals surface area contributed by atoms with Crippen LogP contribution in [-0.4, -0.2) is 34.2 Å². The van der Waals surface area contributed by atoms with Crippen LogP contribution in [-0.2, 0) is 11.2 Å². The highest BCUT2D eigenvalue weighted by Gasteiger charge is 2.17. The smallest absolute Gasteiger partial charge is 0.321 e. The van der Waals surface area contributed by atoms with E-state index in [0.29, 0.717) is 17.3 Å². The average molecular weight is 298 g/mol. The number of thioether (sulfide) groups is 1. The Balaban J connectivity index is 2.74. The second-order valence-corrected chi connectivity index (χ2v) is 5.45. The highest BCUT2D eigenvalue weighted by atomic mass is 32.2. The lowest BCUT2D eigenvalue weighted by Crippen LogP contribution is -2.41. The molecule has 0 aliphatic carbocycles. The van der Waals surface area contributed by atoms with Gasteiger partial charge in [-0.1, -0.05) is 25.1 Å². The number of H-pyrrole nitrogens is 1. The van der Waals surface area contributed by atoms with E-state index in [9.17, 15) is 14.4 Å². The van der Waals surface area contributed by atoms with Crippen molar-refractivity contribution in [2.75, 3.05) is 7.05 Å². The number of rotatable bonds is 5. The van der Waals surface area contributed by atoms with Crippen molar-refractivity contribution in [2.24, 2.45) is 0 Å². The van der Waals surface area contributed by atoms with Crippen molar-refractivity contribution in [3.05, 3.63) is 22.1 Å². The molecule has 0 bridgehead atoms. The standard InChI is InChI=1S/C12H18N4O3S/c1-4-5-8-6-9(17)15-12(14-8)20-7(2)10(18)16-11(19)13-3/h6-7H,4-5H2,1-3H3,(H,14,15,17)(H2,13,16,18,19)/t7-/m1/s1. The van der Waals surface area contributed by atoms with Gasteiger partial charge >= 0.3 is 6.03 Å². The van der Waals surface area contributed by atoms with Crippen LogP contribution in [0.1, 0.15) is 26.0 Å². The van der Waals surface area contributed by atoms with Crippen LogP contribution in [0.4, 0.5) is 4.79 Å². The van der Waals surface area contributed by atoms with E-state index in [1.54, 1.807) is 6.92 Å². The molecule has 1 heterocycles. The van der Waals surface area contributed by atoms with Crippen LogP contribution in [0, 0.1) is 0 Å². The van der Waals surface area contributed by atoms with Gasteiger partial charge < -0.3 is 10.3 Å². The van der Waals surface area contributed by atoms with E-state index in [1.165, 1.54) is 13.1 Å². The minimum atomic E-state index is -0.566. The molecular formula is C12H18N4O3S. The zero-order valence-electron chi connectivity index (χ0n) is 11.6. The van der Waals surface area contributed by atoms with Crippen molar-refractivity contribution in [3.8, 4) is 0 Å². The second kappa shape index (κ2) is 7.68. The Labute approximate surface area is 120 Å². The Morgan fingerprint density at radius 2 is 2.20 bits per heavy atom. The predicted molar refractivity (Wildman–Crippen MR) is 76.8 cm³/mol. The van der Waals surface area contributed by atoms with E-state index in [1.807, 2.05) is 6.92 Å². The molecule has 7 nitrogen and oxygen atoms in total. The van der Waals surface area contributed by atoms with Gasteiger partial charge in [-0.15, -0.1) is 0 Å². The SMILES string of the molecule is CCCc1cc(=O)[nH]c(S[C@H](C)C(=O)NC(=O)NC)n1. The molecule has 0 saturated carbocycles. The van der Waals surface area contributed by atoms with E-state index >= 15 is 0 Å². The molecule has 8 heteroatoms. The number of hydrogen-bond donors (Lipinski definition) is 3. The number of carbonyl (C=O) groups is 2. The van der Waals surface area contributed by atoms with Crippen LogP contribution < -0.4 is 16.2 Å². The number of nitrogens with zero attached hydrogens (tertiary/aromatic N) is 1. The van der Waals surface area contributed by atoms with E-state index in [-0.39, 0.29) is 5.56 Å². The molecule has 0 spiro atoms. The summed E-state index contributed by atoms with van der Waals surface area (Å²) >= 11 is 1.10. The molecular weight excluding hydrogens is 280 g/mol. The molecule has 0 aromatic carbocycles. The Hall–Kier alpha value is -1.83. The summed E-state index contributed by atoms with van der Waals surface area (Å²) in [5.74, 6) is -0.446. The molecule has 1 atom stereocenters. The average Bonchev–Trinajstić information content (AvgIpc) is 2.38. The number of aryl methyl sites for hydroxylation is 1. The van der Waals surface area contributed by atoms with Crippen molar-refractivity contribution < 1.29 is 9.59 Å². The molecule has 1 rings (SSSR count). The summed E-state index contributed by atoms with van der Waals surface area (Å²) in [6.45, 7) is 3.63. The molecule has 0 unspecified atom stereocenters. The normalized spacial score (nSPS) is 11.8. The molecule has 0 saturated heterocycles. The van der Waals surface area contributed by atoms with E-state index in [4.69, 9.17) is 0 Å². The van der Waals surface area contributed by atoms with Crippen molar-refractivity contribution in [1.82, 2.24) is 20.6 Å². The van der Waals surface area contributed by atoms with Crippen molar-refractivity contribution >= 4 is 23.7 Å². The monoisotopic (exact) mass is 298 g/mol. The third-order valence-electron chi connectivity index (χ3n) is 2.40. The van der Waals surface area contributed by atoms with Gasteiger partial charge in [0, 0.05) is 18.8 Å². The molecule has 1 aromatic rings. The topological polar surface area (TPSA) is 104 Å². The van der Waals surface area contributed by atoms with Crippen molar-refractivity contribution in [2.45, 2.75) is 37.1 Å². The third-order valence-corrected chi connectivity index (χ3v) is 3.38. The van der Waals surface area contributed by atoms with Gasteiger partial charge in [-0.05, 0) is 13.3 Å². The minimum Gasteiger partial charge on any atom is -0.341 e. The van der Waals surface area contributed by atoms with Crippen molar-refractivity contribution in [1.29, 1.82) is 0 Å². The fraction of sp³-hybridized carbons (Fsp3) is 0.500. The lowest BCUT2D eigenvalue weighted by molar-refractivity contribution is -0.119. The number of urea groups is 1. The quantitative estimate of drug-likeness (QED) is 0.547. The fourth-order valence-corrected chi connectivity index (χ4v) is 2.25. The summed E-state index contributed by atoms with van der Waals surface area (Å²) in [6.07, 6.45) is 1.59. The molecule has 3 N–H and O–H groups in total. The lowest BCUT2D eigenvalue weighted by atomic mass is 10.2. The summed E-state index contributed by atoms with van der Waals surface area (Å²) in [4.78, 5) is 41.1. The summed E-state index contributed by atoms with van der Waals surface area (Å²) < 4.78 is 0. The molecule has 0 aliphatic rings. The summed E-state index contributed by atoms with van der Waals surface area (Å²) in [5.41, 5.74) is 0.447. The van der Waals surface area contributed by atoms with Crippen LogP contribution >= 0.6 is 11.8 Å². The van der Waals surface area contributed by atoms with Gasteiger partial charge in [-0.2, -0.15) is 0 Å². The molecule has 3 amide bonds. The molecule has 0 fully saturated rings. The number of imide groups is 1. The van der Waals surface area contributed by atoms with Crippen LogP contribution in [0.25, 0.3) is 0 Å². The van der Waals surface area contributed by atoms with Crippen LogP contribution in [0.5, 0.6) is 0 Å². The predicted octanol–water partition coefficient (Wildman–Crippen LogP) is 0.659. The summed E-state index contributed by atoms with van der Waals surface area (Å²) in [7, 11) is 1.42. The third kappa shape index (κ3) is 5.04. The van der Waals surface area contributed by atoms with Crippen LogP contribution in [0.2, 0.25) is 0 Å². The Morgan fingerprint density at radius 1 is 1.50 bits per heavy atom. The zero-order chi connectivity index (χ0) is 15.1. The van der Waals surface area contributed by atoms with E-state index in [2.05, 4.69) is 20.6 Å². The fourth-order valence-electron chi connectivity index (χ4n) is 1.42. The number of nitrogens with one attached hydrogen (secondary N) is 3. The maximum absolute atomic E-state index is 11.7. The van der Waals surface area contributed by atoms with Gasteiger partial charge in [-0.3, -0.25) is 14.9 Å². The van der Waals surface area contributed by atoms with Crippen molar-refractivity contribution in [3.63, 3.8) is 0 Å². The second-order valence-electron chi connectivity index (χ2n) is 4.12. The number of aromatic amines is 1. The molecule has 110 valence electrons. The zero-order valence-corrected chi connectivity index (χ0v) is 12.5. The lowest BCUT2D eigenvalue weighted by Gasteiger charge is -2.10. The maximum Gasteiger partial charge on any atom is 0.321 e. The summed E-state index contributed by atoms with van der Waals surface area (Å²) in [6, 6.07) is 0.881. The van der Waals surface area contributed by atoms with Crippen LogP contribution in [0.15, 0.2) is 16.0 Å². The highest BCUT2D eigenvalue weighted by molar-refractivity contribution is 8.00. The first-order valence-electron chi connectivity index (χ1n) is 6.25. The van der Waals surface area contributed by atoms with E-state index < -0.39 is 17.2 Å². The maximum atomic E-state index is 11.7. The Morgan fingerprint density at radius 3 is 2.80 bits per heavy atom. The highest BCUT2D eigenvalue weighted by Crippen LogP contribution is 2.18. The first-order chi connectivity index (χ1) is 9.46. The largest absolute Gasteiger partial charge is 0.341 e. The number of aromatic nitrogens is 2.